The highest BCUT2D eigenvalue weighted by molar-refractivity contribution is 14.1. The normalized spacial score (nSPS) is 37.1. The van der Waals surface area contributed by atoms with Gasteiger partial charge in [-0.1, -0.05) is 22.6 Å². The Kier molecular flexibility index (Phi) is 3.68. The quantitative estimate of drug-likeness (QED) is 0.459. The number of likely N-dealkylation sites (N-methyl/N-ethyl adjacent to an activating group) is 1. The molecule has 0 radical (unpaired) electrons. The third-order valence-corrected chi connectivity index (χ3v) is 5.18. The van der Waals surface area contributed by atoms with Crippen LogP contribution in [-0.4, -0.2) is 47.2 Å². The predicted octanol–water partition coefficient (Wildman–Crippen LogP) is 0.792. The maximum absolute atomic E-state index is 3.67. The van der Waals surface area contributed by atoms with E-state index in [1.807, 2.05) is 7.05 Å². The monoisotopic (exact) mass is 309 g/mol. The zero-order valence-corrected chi connectivity index (χ0v) is 11.1. The van der Waals surface area contributed by atoms with E-state index < -0.39 is 0 Å². The Morgan fingerprint density at radius 1 is 1.36 bits per heavy atom. The lowest BCUT2D eigenvalue weighted by Gasteiger charge is -2.38. The van der Waals surface area contributed by atoms with Gasteiger partial charge in [-0.2, -0.15) is 0 Å². The minimum absolute atomic E-state index is 0.560. The number of rotatable bonds is 3. The molecule has 2 N–H and O–H groups in total. The lowest BCUT2D eigenvalue weighted by molar-refractivity contribution is 0.145. The molecular weight excluding hydrogens is 289 g/mol. The van der Waals surface area contributed by atoms with Gasteiger partial charge in [-0.15, -0.1) is 0 Å². The van der Waals surface area contributed by atoms with Crippen LogP contribution >= 0.6 is 22.6 Å². The largest absolute Gasteiger partial charge is 0.309 e. The highest BCUT2D eigenvalue weighted by Gasteiger charge is 2.35. The summed E-state index contributed by atoms with van der Waals surface area (Å²) in [6.45, 7) is 4.80. The van der Waals surface area contributed by atoms with Crippen molar-refractivity contribution in [1.82, 2.24) is 15.5 Å². The summed E-state index contributed by atoms with van der Waals surface area (Å²) in [6.07, 6.45) is 2.75. The molecule has 2 saturated heterocycles. The first-order valence-electron chi connectivity index (χ1n) is 5.52. The average molecular weight is 309 g/mol. The second kappa shape index (κ2) is 4.63. The Morgan fingerprint density at radius 2 is 1.93 bits per heavy atom. The average Bonchev–Trinajstić information content (AvgIpc) is 2.55. The molecule has 4 heteroatoms. The van der Waals surface area contributed by atoms with Crippen LogP contribution in [0.5, 0.6) is 0 Å². The smallest absolute Gasteiger partial charge is 0.0746 e. The summed E-state index contributed by atoms with van der Waals surface area (Å²) in [5.74, 6) is 0. The lowest BCUT2D eigenvalue weighted by Crippen LogP contribution is -2.56. The van der Waals surface area contributed by atoms with E-state index in [1.54, 1.807) is 0 Å². The van der Waals surface area contributed by atoms with Crippen LogP contribution in [-0.2, 0) is 0 Å². The van der Waals surface area contributed by atoms with E-state index in [2.05, 4.69) is 45.0 Å². The van der Waals surface area contributed by atoms with Gasteiger partial charge in [0.25, 0.3) is 0 Å². The van der Waals surface area contributed by atoms with Crippen molar-refractivity contribution in [3.05, 3.63) is 0 Å². The van der Waals surface area contributed by atoms with E-state index in [-0.39, 0.29) is 0 Å². The van der Waals surface area contributed by atoms with E-state index in [0.717, 1.165) is 12.1 Å². The third kappa shape index (κ3) is 2.23. The molecule has 0 amide bonds. The molecule has 3 nitrogen and oxygen atoms in total. The number of hydrogen-bond acceptors (Lipinski definition) is 3. The molecule has 0 saturated carbocycles. The molecule has 3 unspecified atom stereocenters. The van der Waals surface area contributed by atoms with Gasteiger partial charge in [-0.25, -0.2) is 0 Å². The fraction of sp³-hybridized carbons (Fsp3) is 1.00. The summed E-state index contributed by atoms with van der Waals surface area (Å²) >= 11 is 2.50. The SMILES string of the molecule is CNC(I)[C@@H](C)N1CC2CCC(C1)N2. The number of likely N-dealkylation sites (tertiary alicyclic amines) is 1. The topological polar surface area (TPSA) is 27.3 Å². The van der Waals surface area contributed by atoms with Crippen molar-refractivity contribution in [3.63, 3.8) is 0 Å². The van der Waals surface area contributed by atoms with E-state index >= 15 is 0 Å². The molecule has 0 aliphatic carbocycles. The Hall–Kier alpha value is 0.610. The van der Waals surface area contributed by atoms with Gasteiger partial charge >= 0.3 is 0 Å². The van der Waals surface area contributed by atoms with Gasteiger partial charge in [0.05, 0.1) is 4.05 Å². The first-order valence-corrected chi connectivity index (χ1v) is 6.76. The van der Waals surface area contributed by atoms with Crippen LogP contribution in [0.3, 0.4) is 0 Å². The van der Waals surface area contributed by atoms with Crippen LogP contribution in [0.2, 0.25) is 0 Å². The fourth-order valence-electron chi connectivity index (χ4n) is 2.59. The van der Waals surface area contributed by atoms with Gasteiger partial charge < -0.3 is 10.6 Å². The zero-order valence-electron chi connectivity index (χ0n) is 8.96. The summed E-state index contributed by atoms with van der Waals surface area (Å²) in [5.41, 5.74) is 0. The number of halogens is 1. The summed E-state index contributed by atoms with van der Waals surface area (Å²) < 4.78 is 0.560. The fourth-order valence-corrected chi connectivity index (χ4v) is 3.04. The minimum atomic E-state index is 0.560. The van der Waals surface area contributed by atoms with Crippen LogP contribution < -0.4 is 10.6 Å². The molecule has 2 aliphatic heterocycles. The Morgan fingerprint density at radius 3 is 2.43 bits per heavy atom. The van der Waals surface area contributed by atoms with Crippen LogP contribution in [0.25, 0.3) is 0 Å². The van der Waals surface area contributed by atoms with Gasteiger partial charge in [0.1, 0.15) is 0 Å². The highest BCUT2D eigenvalue weighted by Crippen LogP contribution is 2.23. The third-order valence-electron chi connectivity index (χ3n) is 3.52. The van der Waals surface area contributed by atoms with Crippen molar-refractivity contribution in [2.75, 3.05) is 20.1 Å². The Labute approximate surface area is 100 Å². The number of hydrogen-bond donors (Lipinski definition) is 2. The number of alkyl halides is 1. The molecule has 2 bridgehead atoms. The summed E-state index contributed by atoms with van der Waals surface area (Å²) in [7, 11) is 2.05. The molecule has 0 aromatic rings. The molecule has 2 fully saturated rings. The molecule has 0 spiro atoms. The highest BCUT2D eigenvalue weighted by atomic mass is 127. The van der Waals surface area contributed by atoms with Crippen LogP contribution in [0.15, 0.2) is 0 Å². The van der Waals surface area contributed by atoms with Crippen molar-refractivity contribution >= 4 is 22.6 Å². The first kappa shape index (κ1) is 11.1. The van der Waals surface area contributed by atoms with E-state index in [1.165, 1.54) is 25.9 Å². The van der Waals surface area contributed by atoms with Gasteiger partial charge in [0.15, 0.2) is 0 Å². The van der Waals surface area contributed by atoms with Crippen molar-refractivity contribution < 1.29 is 0 Å². The van der Waals surface area contributed by atoms with Gasteiger partial charge in [0, 0.05) is 31.2 Å². The van der Waals surface area contributed by atoms with Crippen LogP contribution in [0.1, 0.15) is 19.8 Å². The van der Waals surface area contributed by atoms with Crippen molar-refractivity contribution in [2.45, 2.75) is 41.9 Å². The van der Waals surface area contributed by atoms with Crippen molar-refractivity contribution in [3.8, 4) is 0 Å². The first-order chi connectivity index (χ1) is 6.70. The predicted molar refractivity (Wildman–Crippen MR) is 67.8 cm³/mol. The number of fused-ring (bicyclic) bond motifs is 2. The molecule has 0 aromatic carbocycles. The molecule has 2 aliphatic rings. The molecule has 14 heavy (non-hydrogen) atoms. The summed E-state index contributed by atoms with van der Waals surface area (Å²) in [4.78, 5) is 2.63. The standard InChI is InChI=1S/C10H20IN3/c1-7(10(11)12-2)14-5-8-3-4-9(6-14)13-8/h7-10,12-13H,3-6H2,1-2H3/t7-,8?,9?,10?/m1/s1. The number of nitrogens with one attached hydrogen (secondary N) is 2. The molecule has 4 atom stereocenters. The second-order valence-corrected chi connectivity index (χ2v) is 5.86. The summed E-state index contributed by atoms with van der Waals surface area (Å²) in [5, 5.41) is 7.00. The van der Waals surface area contributed by atoms with E-state index in [9.17, 15) is 0 Å². The van der Waals surface area contributed by atoms with E-state index in [4.69, 9.17) is 0 Å². The molecular formula is C10H20IN3. The van der Waals surface area contributed by atoms with Crippen molar-refractivity contribution in [1.29, 1.82) is 0 Å². The molecule has 2 heterocycles. The Balaban J connectivity index is 1.92. The second-order valence-electron chi connectivity index (χ2n) is 4.52. The van der Waals surface area contributed by atoms with Gasteiger partial charge in [-0.3, -0.25) is 4.90 Å². The van der Waals surface area contributed by atoms with Gasteiger partial charge in [0.2, 0.25) is 0 Å². The molecule has 2 rings (SSSR count). The number of nitrogens with zero attached hydrogens (tertiary/aromatic N) is 1. The summed E-state index contributed by atoms with van der Waals surface area (Å²) in [6, 6.07) is 2.17. The number of piperazine rings is 1. The minimum Gasteiger partial charge on any atom is -0.309 e. The lowest BCUT2D eigenvalue weighted by atomic mass is 10.2. The van der Waals surface area contributed by atoms with Crippen molar-refractivity contribution in [2.24, 2.45) is 0 Å². The van der Waals surface area contributed by atoms with Crippen LogP contribution in [0.4, 0.5) is 0 Å². The maximum Gasteiger partial charge on any atom is 0.0746 e. The molecule has 0 aromatic heterocycles. The molecule has 82 valence electrons. The van der Waals surface area contributed by atoms with E-state index in [0.29, 0.717) is 10.1 Å². The van der Waals surface area contributed by atoms with Gasteiger partial charge in [-0.05, 0) is 26.8 Å². The maximum atomic E-state index is 3.67. The zero-order chi connectivity index (χ0) is 10.1. The van der Waals surface area contributed by atoms with Crippen LogP contribution in [0, 0.1) is 0 Å². The Bertz CT molecular complexity index is 188.